The molecule has 0 saturated carbocycles. The average molecular weight is 413 g/mol. The van der Waals surface area contributed by atoms with Gasteiger partial charge in [-0.05, 0) is 25.1 Å². The molecular weight excluding hydrogens is 392 g/mol. The van der Waals surface area contributed by atoms with E-state index in [1.165, 1.54) is 11.3 Å². The van der Waals surface area contributed by atoms with E-state index in [2.05, 4.69) is 28.7 Å². The third-order valence-electron chi connectivity index (χ3n) is 4.78. The summed E-state index contributed by atoms with van der Waals surface area (Å²) in [5, 5.41) is 9.00. The Kier molecular flexibility index (Phi) is 4.69. The second-order valence-electron chi connectivity index (χ2n) is 7.17. The van der Waals surface area contributed by atoms with Gasteiger partial charge in [0.1, 0.15) is 11.3 Å². The van der Waals surface area contributed by atoms with Crippen LogP contribution in [0.1, 0.15) is 12.5 Å². The van der Waals surface area contributed by atoms with E-state index in [1.54, 1.807) is 0 Å². The molecule has 1 N–H and O–H groups in total. The van der Waals surface area contributed by atoms with Crippen molar-refractivity contribution < 1.29 is 4.42 Å². The second kappa shape index (κ2) is 7.65. The van der Waals surface area contributed by atoms with E-state index in [1.807, 2.05) is 71.9 Å². The molecule has 5 rings (SSSR count). The molecule has 0 atom stereocenters. The number of rotatable bonds is 5. The van der Waals surface area contributed by atoms with Crippen molar-refractivity contribution in [2.75, 3.05) is 6.54 Å². The lowest BCUT2D eigenvalue weighted by atomic mass is 10.2. The van der Waals surface area contributed by atoms with Crippen LogP contribution in [0.3, 0.4) is 0 Å². The first-order valence-electron chi connectivity index (χ1n) is 9.64. The van der Waals surface area contributed by atoms with Gasteiger partial charge in [-0.25, -0.2) is 4.68 Å². The highest BCUT2D eigenvalue weighted by Crippen LogP contribution is 2.28. The molecule has 0 spiro atoms. The topological polar surface area (TPSA) is 58.6 Å². The van der Waals surface area contributed by atoms with E-state index in [4.69, 9.17) is 9.52 Å². The number of aromatic nitrogens is 2. The molecule has 0 aliphatic rings. The quantitative estimate of drug-likeness (QED) is 0.288. The first-order chi connectivity index (χ1) is 14.7. The summed E-state index contributed by atoms with van der Waals surface area (Å²) in [6.45, 7) is 6.48. The van der Waals surface area contributed by atoms with Gasteiger partial charge in [0.05, 0.1) is 12.8 Å². The Bertz CT molecular complexity index is 1430. The van der Waals surface area contributed by atoms with Crippen LogP contribution in [0.15, 0.2) is 92.8 Å². The van der Waals surface area contributed by atoms with E-state index in [0.29, 0.717) is 6.54 Å². The van der Waals surface area contributed by atoms with Gasteiger partial charge in [0.2, 0.25) is 4.80 Å². The molecule has 148 valence electrons. The number of fused-ring (bicyclic) bond motifs is 2. The van der Waals surface area contributed by atoms with Crippen LogP contribution in [0.5, 0.6) is 0 Å². The maximum Gasteiger partial charge on any atom is 0.206 e. The molecule has 0 saturated heterocycles. The fraction of sp³-hybridized carbons (Fsp3) is 0.0833. The molecule has 0 aliphatic heterocycles. The van der Waals surface area contributed by atoms with Gasteiger partial charge in [-0.15, -0.1) is 11.3 Å². The molecule has 0 amide bonds. The first kappa shape index (κ1) is 18.4. The summed E-state index contributed by atoms with van der Waals surface area (Å²) in [4.78, 5) is 8.77. The van der Waals surface area contributed by atoms with Crippen molar-refractivity contribution in [2.24, 2.45) is 10.1 Å². The zero-order valence-electron chi connectivity index (χ0n) is 16.5. The minimum atomic E-state index is 0.558. The zero-order valence-corrected chi connectivity index (χ0v) is 17.3. The third-order valence-corrected chi connectivity index (χ3v) is 5.64. The number of thiazole rings is 1. The van der Waals surface area contributed by atoms with Crippen molar-refractivity contribution in [1.82, 2.24) is 9.66 Å². The fourth-order valence-corrected chi connectivity index (χ4v) is 4.14. The van der Waals surface area contributed by atoms with Gasteiger partial charge >= 0.3 is 0 Å². The zero-order chi connectivity index (χ0) is 20.5. The molecule has 2 aromatic carbocycles. The van der Waals surface area contributed by atoms with Crippen molar-refractivity contribution in [3.05, 3.63) is 88.7 Å². The van der Waals surface area contributed by atoms with E-state index < -0.39 is 0 Å². The monoisotopic (exact) mass is 412 g/mol. The Labute approximate surface area is 177 Å². The smallest absolute Gasteiger partial charge is 0.206 e. The predicted octanol–water partition coefficient (Wildman–Crippen LogP) is 5.80. The van der Waals surface area contributed by atoms with Gasteiger partial charge in [0, 0.05) is 33.4 Å². The Balaban J connectivity index is 1.63. The number of aromatic amines is 1. The van der Waals surface area contributed by atoms with Crippen LogP contribution in [0, 0.1) is 0 Å². The normalized spacial score (nSPS) is 12.5. The van der Waals surface area contributed by atoms with Crippen molar-refractivity contribution in [1.29, 1.82) is 0 Å². The molecule has 6 heteroatoms. The van der Waals surface area contributed by atoms with Gasteiger partial charge < -0.3 is 9.40 Å². The van der Waals surface area contributed by atoms with Crippen molar-refractivity contribution in [3.8, 4) is 11.5 Å². The van der Waals surface area contributed by atoms with E-state index in [9.17, 15) is 0 Å². The lowest BCUT2D eigenvalue weighted by molar-refractivity contribution is 0.621. The third kappa shape index (κ3) is 3.42. The highest BCUT2D eigenvalue weighted by atomic mass is 32.1. The number of hydrogen-bond donors (Lipinski definition) is 1. The largest absolute Gasteiger partial charge is 0.454 e. The number of hydrogen-bond acceptors (Lipinski definition) is 4. The minimum absolute atomic E-state index is 0.558. The van der Waals surface area contributed by atoms with Crippen LogP contribution in [0.2, 0.25) is 0 Å². The van der Waals surface area contributed by atoms with E-state index >= 15 is 0 Å². The van der Waals surface area contributed by atoms with Crippen LogP contribution in [-0.2, 0) is 0 Å². The first-order valence-corrected chi connectivity index (χ1v) is 10.5. The summed E-state index contributed by atoms with van der Waals surface area (Å²) in [6.07, 6.45) is 3.82. The van der Waals surface area contributed by atoms with Gasteiger partial charge in [-0.2, -0.15) is 5.10 Å². The van der Waals surface area contributed by atoms with Crippen molar-refractivity contribution >= 4 is 39.4 Å². The molecule has 0 radical (unpaired) electrons. The van der Waals surface area contributed by atoms with Crippen molar-refractivity contribution in [2.45, 2.75) is 6.92 Å². The van der Waals surface area contributed by atoms with Crippen LogP contribution in [0.25, 0.3) is 33.3 Å². The lowest BCUT2D eigenvalue weighted by Crippen LogP contribution is -2.12. The standard InChI is InChI=1S/C24H20N4OS/c1-16(2)12-26-24-28(27-14-18-13-25-20-9-5-4-8-19(18)20)21(15-30-24)23-11-17-7-3-6-10-22(17)29-23/h3-11,13-15,25H,1,12H2,2H3. The molecule has 3 heterocycles. The molecule has 3 aromatic heterocycles. The fourth-order valence-electron chi connectivity index (χ4n) is 3.32. The number of nitrogens with one attached hydrogen (secondary N) is 1. The molecule has 30 heavy (non-hydrogen) atoms. The molecule has 0 fully saturated rings. The van der Waals surface area contributed by atoms with Crippen LogP contribution < -0.4 is 4.80 Å². The van der Waals surface area contributed by atoms with Crippen LogP contribution >= 0.6 is 11.3 Å². The van der Waals surface area contributed by atoms with Crippen LogP contribution in [0.4, 0.5) is 0 Å². The number of para-hydroxylation sites is 2. The van der Waals surface area contributed by atoms with Gasteiger partial charge in [-0.3, -0.25) is 4.99 Å². The number of benzene rings is 2. The lowest BCUT2D eigenvalue weighted by Gasteiger charge is -2.00. The maximum atomic E-state index is 6.09. The Morgan fingerprint density at radius 1 is 1.20 bits per heavy atom. The molecule has 5 aromatic rings. The van der Waals surface area contributed by atoms with Crippen LogP contribution in [-0.4, -0.2) is 22.4 Å². The summed E-state index contributed by atoms with van der Waals surface area (Å²) in [6, 6.07) is 18.2. The summed E-state index contributed by atoms with van der Waals surface area (Å²) in [5.74, 6) is 0.764. The summed E-state index contributed by atoms with van der Waals surface area (Å²) in [7, 11) is 0. The average Bonchev–Trinajstić information content (AvgIpc) is 3.46. The van der Waals surface area contributed by atoms with Gasteiger partial charge in [-0.1, -0.05) is 48.6 Å². The summed E-state index contributed by atoms with van der Waals surface area (Å²) >= 11 is 1.54. The Hall–Kier alpha value is -3.64. The highest BCUT2D eigenvalue weighted by molar-refractivity contribution is 7.07. The second-order valence-corrected chi connectivity index (χ2v) is 8.01. The summed E-state index contributed by atoms with van der Waals surface area (Å²) < 4.78 is 7.93. The van der Waals surface area contributed by atoms with Crippen molar-refractivity contribution in [3.63, 3.8) is 0 Å². The summed E-state index contributed by atoms with van der Waals surface area (Å²) in [5.41, 5.74) is 4.82. The Morgan fingerprint density at radius 3 is 2.90 bits per heavy atom. The predicted molar refractivity (Wildman–Crippen MR) is 124 cm³/mol. The molecule has 0 unspecified atom stereocenters. The molecule has 0 aliphatic carbocycles. The number of H-pyrrole nitrogens is 1. The van der Waals surface area contributed by atoms with Gasteiger partial charge in [0.15, 0.2) is 5.76 Å². The number of furan rings is 1. The minimum Gasteiger partial charge on any atom is -0.454 e. The molecular formula is C24H20N4OS. The SMILES string of the molecule is C=C(C)CN=c1scc(-c2cc3ccccc3o2)n1N=Cc1c[nH]c2ccccc12. The molecule has 0 bridgehead atoms. The van der Waals surface area contributed by atoms with Gasteiger partial charge in [0.25, 0.3) is 0 Å². The van der Waals surface area contributed by atoms with E-state index in [-0.39, 0.29) is 0 Å². The maximum absolute atomic E-state index is 6.09. The Morgan fingerprint density at radius 2 is 2.03 bits per heavy atom. The molecule has 5 nitrogen and oxygen atoms in total. The van der Waals surface area contributed by atoms with E-state index in [0.717, 1.165) is 49.3 Å². The highest BCUT2D eigenvalue weighted by Gasteiger charge is 2.13. The number of nitrogens with zero attached hydrogens (tertiary/aromatic N) is 3.